The van der Waals surface area contributed by atoms with Crippen molar-refractivity contribution in [1.29, 1.82) is 0 Å². The number of benzene rings is 4. The smallest absolute Gasteiger partial charge is 0.657 e. The Balaban J connectivity index is 0.00000258. The monoisotopic (exact) mass is 1440 g/mol. The number of hydrogen-bond donors (Lipinski definition) is 5. The van der Waals surface area contributed by atoms with E-state index in [4.69, 9.17) is 25.0 Å². The first kappa shape index (κ1) is 77.8. The molecule has 0 atom stereocenters. The van der Waals surface area contributed by atoms with Crippen molar-refractivity contribution >= 4 is 86.5 Å². The third-order valence-electron chi connectivity index (χ3n) is 16.9. The second-order valence-electron chi connectivity index (χ2n) is 23.3. The first-order chi connectivity index (χ1) is 45.9. The summed E-state index contributed by atoms with van der Waals surface area (Å²) in [4.78, 5) is 30.2. The van der Waals surface area contributed by atoms with E-state index in [1.165, 1.54) is 0 Å². The topological polar surface area (TPSA) is 272 Å². The molecule has 0 saturated heterocycles. The largest absolute Gasteiger partial charge is 2.00 e. The molecular formula is C71H92FeN12O9S4. The number of nitrogens with one attached hydrogen (secondary N) is 4. The molecule has 9 rings (SSSR count). The zero-order valence-electron chi connectivity index (χ0n) is 57.0. The molecule has 97 heavy (non-hydrogen) atoms. The van der Waals surface area contributed by atoms with Crippen LogP contribution in [0.5, 0.6) is 0 Å². The number of aromatic nitrogens is 4. The molecule has 0 spiro atoms. The van der Waals surface area contributed by atoms with Gasteiger partial charge in [0.05, 0.1) is 42.4 Å². The van der Waals surface area contributed by atoms with Crippen LogP contribution < -0.4 is 28.9 Å². The molecule has 7 aromatic rings. The first-order valence-electron chi connectivity index (χ1n) is 33.0. The van der Waals surface area contributed by atoms with Crippen molar-refractivity contribution in [2.75, 3.05) is 105 Å². The van der Waals surface area contributed by atoms with Crippen molar-refractivity contribution in [2.24, 2.45) is 0 Å². The van der Waals surface area contributed by atoms with Crippen LogP contribution in [-0.2, 0) is 57.2 Å². The van der Waals surface area contributed by atoms with E-state index in [-0.39, 0.29) is 68.9 Å². The minimum Gasteiger partial charge on any atom is -0.657 e. The fourth-order valence-electron chi connectivity index (χ4n) is 11.3. The summed E-state index contributed by atoms with van der Waals surface area (Å²) in [5.74, 6) is 0. The molecule has 522 valence electrons. The number of fused-ring (bicyclic) bond motifs is 8. The number of sulfonamides is 4. The zero-order chi connectivity index (χ0) is 69.4. The Morgan fingerprint density at radius 3 is 0.680 bits per heavy atom. The van der Waals surface area contributed by atoms with E-state index >= 15 is 0 Å². The maximum Gasteiger partial charge on any atom is 2.00 e. The molecule has 4 aromatic carbocycles. The molecule has 5 heterocycles. The summed E-state index contributed by atoms with van der Waals surface area (Å²) in [7, 11) is -15.6. The van der Waals surface area contributed by atoms with Crippen molar-refractivity contribution in [3.63, 3.8) is 0 Å². The van der Waals surface area contributed by atoms with Gasteiger partial charge in [-0.25, -0.2) is 62.5 Å². The van der Waals surface area contributed by atoms with Gasteiger partial charge in [-0.15, -0.1) is 22.1 Å². The molecule has 0 fully saturated rings. The van der Waals surface area contributed by atoms with Crippen LogP contribution in [0.1, 0.15) is 92.0 Å². The Morgan fingerprint density at radius 1 is 0.340 bits per heavy atom. The van der Waals surface area contributed by atoms with Gasteiger partial charge in [0.15, 0.2) is 0 Å². The number of hydrogen-bond acceptors (Lipinski definition) is 15. The maximum atomic E-state index is 13.8. The van der Waals surface area contributed by atoms with Crippen LogP contribution in [0.15, 0.2) is 141 Å². The quantitative estimate of drug-likeness (QED) is 0.0246. The second-order valence-corrected chi connectivity index (χ2v) is 30.3. The molecule has 0 amide bonds. The summed E-state index contributed by atoms with van der Waals surface area (Å²) in [5, 5.41) is 8.06. The van der Waals surface area contributed by atoms with Gasteiger partial charge in [-0.3, -0.25) is 0 Å². The summed E-state index contributed by atoms with van der Waals surface area (Å²) in [6, 6.07) is 33.7. The average molecular weight is 1440 g/mol. The number of rotatable bonds is 32. The standard InChI is InChI=1S/C68H84N12O8S4.C3H8O.Fe/c1-9-77(10-2)45-41-69-89(81,82)53-25-17-49(18-26-53)65-57-33-35-59(73-57)66(50-19-27-54(28-20-50)90(83,84)70-42-46-78(11-3)12-4)61-37-39-63(75-61)68(52-23-31-56(32-24-52)92(87,88)72-44-48-80(15-7)16-8)64-40-38-62(76-64)67(60-36-34-58(65)74-60)51-21-29-55(30-22-51)91(85,86)71-43-47-79(13-5)14-6;1-3(2)4;/h17-40,69-72H,9-16,41-48H2,1-8H3;3-4H,1-2H3;/q-2;;+2. The van der Waals surface area contributed by atoms with Crippen molar-refractivity contribution in [2.45, 2.75) is 94.9 Å². The Kier molecular flexibility index (Phi) is 28.4. The van der Waals surface area contributed by atoms with Gasteiger partial charge in [-0.05, 0) is 184 Å². The van der Waals surface area contributed by atoms with Gasteiger partial charge < -0.3 is 34.7 Å². The van der Waals surface area contributed by atoms with Crippen LogP contribution in [0.2, 0.25) is 0 Å². The molecule has 5 N–H and O–H groups in total. The van der Waals surface area contributed by atoms with E-state index in [0.717, 1.165) is 52.4 Å². The van der Waals surface area contributed by atoms with Gasteiger partial charge in [0.25, 0.3) is 0 Å². The van der Waals surface area contributed by atoms with Gasteiger partial charge in [-0.1, -0.05) is 128 Å². The van der Waals surface area contributed by atoms with E-state index in [0.29, 0.717) is 116 Å². The van der Waals surface area contributed by atoms with Gasteiger partial charge in [0, 0.05) is 58.5 Å². The fourth-order valence-corrected chi connectivity index (χ4v) is 15.4. The Hall–Kier alpha value is -6.56. The van der Waals surface area contributed by atoms with Crippen molar-refractivity contribution in [1.82, 2.24) is 58.4 Å². The number of aliphatic hydroxyl groups is 1. The molecule has 3 aromatic heterocycles. The molecule has 8 bridgehead atoms. The van der Waals surface area contributed by atoms with E-state index in [1.54, 1.807) is 111 Å². The molecule has 2 aliphatic heterocycles. The normalized spacial score (nSPS) is 12.7. The molecule has 2 aliphatic rings. The van der Waals surface area contributed by atoms with Crippen LogP contribution in [0.25, 0.3) is 90.9 Å². The van der Waals surface area contributed by atoms with Crippen molar-refractivity contribution in [3.05, 3.63) is 144 Å². The predicted molar refractivity (Wildman–Crippen MR) is 388 cm³/mol. The molecule has 0 unspecified atom stereocenters. The van der Waals surface area contributed by atoms with E-state index in [2.05, 4.69) is 38.5 Å². The molecule has 21 nitrogen and oxygen atoms in total. The van der Waals surface area contributed by atoms with Crippen LogP contribution >= 0.6 is 0 Å². The van der Waals surface area contributed by atoms with E-state index in [9.17, 15) is 33.7 Å². The Bertz CT molecular complexity index is 3920. The third-order valence-corrected chi connectivity index (χ3v) is 22.8. The predicted octanol–water partition coefficient (Wildman–Crippen LogP) is 9.45. The van der Waals surface area contributed by atoms with Gasteiger partial charge in [0.2, 0.25) is 40.1 Å². The molecule has 0 saturated carbocycles. The Labute approximate surface area is 585 Å². The first-order valence-corrected chi connectivity index (χ1v) is 38.9. The third kappa shape index (κ3) is 19.9. The summed E-state index contributed by atoms with van der Waals surface area (Å²) < 4.78 is 121. The van der Waals surface area contributed by atoms with E-state index < -0.39 is 40.1 Å². The minimum atomic E-state index is -3.91. The molecule has 0 radical (unpaired) electrons. The van der Waals surface area contributed by atoms with Crippen molar-refractivity contribution in [3.8, 4) is 44.5 Å². The summed E-state index contributed by atoms with van der Waals surface area (Å²) in [6.07, 6.45) is 7.26. The number of aliphatic hydroxyl groups excluding tert-OH is 1. The second kappa shape index (κ2) is 35.5. The fraction of sp³-hybridized carbons (Fsp3) is 0.380. The van der Waals surface area contributed by atoms with E-state index in [1.807, 2.05) is 104 Å². The maximum absolute atomic E-state index is 13.8. The number of likely N-dealkylation sites (N-methyl/N-ethyl adjacent to an activating group) is 4. The van der Waals surface area contributed by atoms with Gasteiger partial charge in [-0.2, -0.15) is 0 Å². The minimum absolute atomic E-state index is 0. The zero-order valence-corrected chi connectivity index (χ0v) is 61.4. The Morgan fingerprint density at radius 2 is 0.515 bits per heavy atom. The van der Waals surface area contributed by atoms with Crippen LogP contribution in [-0.4, -0.2) is 179 Å². The molecule has 0 aliphatic carbocycles. The van der Waals surface area contributed by atoms with Crippen molar-refractivity contribution < 1.29 is 55.8 Å². The average Bonchev–Trinajstić information content (AvgIpc) is 1.64. The summed E-state index contributed by atoms with van der Waals surface area (Å²) in [6.45, 7) is 29.1. The van der Waals surface area contributed by atoms with Crippen LogP contribution in [0.3, 0.4) is 0 Å². The van der Waals surface area contributed by atoms with Crippen LogP contribution in [0, 0.1) is 0 Å². The summed E-state index contributed by atoms with van der Waals surface area (Å²) in [5.41, 5.74) is 8.51. The van der Waals surface area contributed by atoms with Gasteiger partial charge >= 0.3 is 17.1 Å². The SMILES string of the molecule is CC(C)O.CCN(CC)CCNS(=O)(=O)c1ccc(-c2c3nc(c(-c4ccc(S(=O)(=O)NCCN(CC)CC)cc4)c4ccc([n-]4)c(-c4ccc(S(=O)(=O)NCCN(CC)CC)cc4)c4nc(c(-c5ccc(S(=O)(=O)NCCN(CC)CC)cc5)c5ccc2[n-]5)C=C4)C=C3)cc1.[Fe+2]. The molecular weight excluding hydrogens is 1350 g/mol. The summed E-state index contributed by atoms with van der Waals surface area (Å²) >= 11 is 0. The molecule has 26 heteroatoms. The van der Waals surface area contributed by atoms with Crippen LogP contribution in [0.4, 0.5) is 0 Å². The number of nitrogens with zero attached hydrogens (tertiary/aromatic N) is 8. The van der Waals surface area contributed by atoms with Gasteiger partial charge in [0.1, 0.15) is 0 Å².